The van der Waals surface area contributed by atoms with E-state index in [4.69, 9.17) is 10.2 Å². The normalized spacial score (nSPS) is 9.08. The van der Waals surface area contributed by atoms with Crippen LogP contribution in [0.4, 0.5) is 0 Å². The van der Waals surface area contributed by atoms with E-state index in [9.17, 15) is 19.2 Å². The number of aromatic carboxylic acids is 2. The fraction of sp³-hybridized carbons (Fsp3) is 0. The maximum absolute atomic E-state index is 11.8. The number of hydrogen-bond donors (Lipinski definition) is 2. The van der Waals surface area contributed by atoms with Crippen LogP contribution in [-0.2, 0) is 9.78 Å². The molecule has 0 aliphatic rings. The quantitative estimate of drug-likeness (QED) is 0.464. The molecule has 10 heteroatoms. The van der Waals surface area contributed by atoms with Crippen LogP contribution in [0.3, 0.4) is 0 Å². The second-order valence-electron chi connectivity index (χ2n) is 4.44. The summed E-state index contributed by atoms with van der Waals surface area (Å²) >= 11 is 0. The molecule has 0 saturated heterocycles. The van der Waals surface area contributed by atoms with E-state index in [1.165, 1.54) is 48.5 Å². The number of carboxylic acids is 2. The summed E-state index contributed by atoms with van der Waals surface area (Å²) in [5.41, 5.74) is -1.29. The Morgan fingerprint density at radius 3 is 1.15 bits per heavy atom. The molecule has 2 aromatic carbocycles. The molecular weight excluding hydrogens is 369 g/mol. The van der Waals surface area contributed by atoms with E-state index in [0.29, 0.717) is 0 Å². The molecule has 0 aromatic heterocycles. The Morgan fingerprint density at radius 1 is 0.615 bits per heavy atom. The molecule has 0 atom stereocenters. The number of rotatable bonds is 4. The van der Waals surface area contributed by atoms with Crippen LogP contribution in [0, 0.1) is 0 Å². The maximum atomic E-state index is 11.8. The van der Waals surface area contributed by atoms with Gasteiger partial charge in [-0.3, -0.25) is 0 Å². The van der Waals surface area contributed by atoms with Crippen molar-refractivity contribution in [1.82, 2.24) is 0 Å². The third kappa shape index (κ3) is 5.69. The molecule has 0 spiro atoms. The molecule has 0 aliphatic carbocycles. The molecule has 0 heterocycles. The largest absolute Gasteiger partial charge is 2.00 e. The van der Waals surface area contributed by atoms with Crippen LogP contribution in [0.25, 0.3) is 0 Å². The standard InChI is InChI=1S/C16H10O8.2Mg.4H/c17-13(18)9-5-1-3-7-11(9)15(21)23-24-16(22)12-8-4-2-6-10(12)14(19)20;;;;;;/h1-8H,(H,17,18)(H,19,20);;;;;;/q;2*+2;4*-1. The van der Waals surface area contributed by atoms with Crippen molar-refractivity contribution in [2.24, 2.45) is 0 Å². The fourth-order valence-corrected chi connectivity index (χ4v) is 1.86. The van der Waals surface area contributed by atoms with Gasteiger partial charge in [-0.2, -0.15) is 0 Å². The average Bonchev–Trinajstić information content (AvgIpc) is 2.59. The van der Waals surface area contributed by atoms with Crippen molar-refractivity contribution in [2.45, 2.75) is 0 Å². The Kier molecular flexibility index (Phi) is 9.87. The van der Waals surface area contributed by atoms with Gasteiger partial charge >= 0.3 is 70.0 Å². The van der Waals surface area contributed by atoms with Crippen molar-refractivity contribution in [3.8, 4) is 0 Å². The van der Waals surface area contributed by atoms with Crippen molar-refractivity contribution in [1.29, 1.82) is 0 Å². The predicted molar refractivity (Wildman–Crippen MR) is 93.6 cm³/mol. The predicted octanol–water partition coefficient (Wildman–Crippen LogP) is 1.70. The topological polar surface area (TPSA) is 127 Å². The van der Waals surface area contributed by atoms with Crippen molar-refractivity contribution >= 4 is 70.0 Å². The summed E-state index contributed by atoms with van der Waals surface area (Å²) in [6.07, 6.45) is 0. The van der Waals surface area contributed by atoms with Crippen LogP contribution in [0.15, 0.2) is 48.5 Å². The summed E-state index contributed by atoms with van der Waals surface area (Å²) < 4.78 is 0. The van der Waals surface area contributed by atoms with Gasteiger partial charge in [0, 0.05) is 0 Å². The fourth-order valence-electron chi connectivity index (χ4n) is 1.86. The second kappa shape index (κ2) is 10.8. The molecule has 2 aromatic rings. The zero-order valence-corrected chi connectivity index (χ0v) is 16.2. The number of carbonyl (C=O) groups is 4. The SMILES string of the molecule is O=C(O)c1ccccc1C(=O)OOC(=O)c1ccccc1C(=O)O.[H-].[H-].[H-].[H-].[Mg+2].[Mg+2]. The van der Waals surface area contributed by atoms with Gasteiger partial charge in [0.1, 0.15) is 0 Å². The minimum absolute atomic E-state index is 0. The average molecular weight is 383 g/mol. The molecule has 0 radical (unpaired) electrons. The van der Waals surface area contributed by atoms with E-state index < -0.39 is 23.9 Å². The van der Waals surface area contributed by atoms with E-state index >= 15 is 0 Å². The monoisotopic (exact) mass is 382 g/mol. The molecule has 0 aliphatic heterocycles. The Balaban J connectivity index is -0.000000347. The molecule has 0 saturated carbocycles. The maximum Gasteiger partial charge on any atom is 2.00 e. The van der Waals surface area contributed by atoms with Crippen LogP contribution < -0.4 is 0 Å². The molecule has 2 rings (SSSR count). The minimum Gasteiger partial charge on any atom is -1.00 e. The van der Waals surface area contributed by atoms with Crippen molar-refractivity contribution in [3.05, 3.63) is 70.8 Å². The van der Waals surface area contributed by atoms with Crippen molar-refractivity contribution in [2.75, 3.05) is 0 Å². The summed E-state index contributed by atoms with van der Waals surface area (Å²) in [5.74, 6) is -5.11. The van der Waals surface area contributed by atoms with Gasteiger partial charge in [0.25, 0.3) is 0 Å². The van der Waals surface area contributed by atoms with E-state index in [0.717, 1.165) is 0 Å². The van der Waals surface area contributed by atoms with Gasteiger partial charge in [-0.1, -0.05) is 24.3 Å². The summed E-state index contributed by atoms with van der Waals surface area (Å²) in [5, 5.41) is 18.0. The molecule has 0 unspecified atom stereocenters. The second-order valence-corrected chi connectivity index (χ2v) is 4.44. The van der Waals surface area contributed by atoms with E-state index in [1.54, 1.807) is 0 Å². The van der Waals surface area contributed by atoms with Gasteiger partial charge < -0.3 is 15.9 Å². The molecule has 26 heavy (non-hydrogen) atoms. The molecule has 0 bridgehead atoms. The first-order chi connectivity index (χ1) is 11.4. The van der Waals surface area contributed by atoms with Gasteiger partial charge in [0.05, 0.1) is 22.3 Å². The third-order valence-corrected chi connectivity index (χ3v) is 2.95. The van der Waals surface area contributed by atoms with Gasteiger partial charge in [-0.05, 0) is 24.3 Å². The first kappa shape index (κ1) is 23.9. The van der Waals surface area contributed by atoms with E-state index in [2.05, 4.69) is 9.78 Å². The zero-order valence-electron chi connectivity index (χ0n) is 17.4. The van der Waals surface area contributed by atoms with Crippen LogP contribution in [0.1, 0.15) is 47.1 Å². The van der Waals surface area contributed by atoms with E-state index in [1.807, 2.05) is 0 Å². The Morgan fingerprint density at radius 2 is 0.885 bits per heavy atom. The summed E-state index contributed by atoms with van der Waals surface area (Å²) in [6.45, 7) is 0. The van der Waals surface area contributed by atoms with Crippen LogP contribution >= 0.6 is 0 Å². The van der Waals surface area contributed by atoms with Crippen LogP contribution in [0.5, 0.6) is 0 Å². The first-order valence-corrected chi connectivity index (χ1v) is 6.49. The molecule has 2 N–H and O–H groups in total. The molecule has 130 valence electrons. The minimum atomic E-state index is -1.36. The van der Waals surface area contributed by atoms with Gasteiger partial charge in [0.2, 0.25) is 0 Å². The van der Waals surface area contributed by atoms with Crippen LogP contribution in [-0.4, -0.2) is 80.2 Å². The summed E-state index contributed by atoms with van der Waals surface area (Å²) in [7, 11) is 0. The van der Waals surface area contributed by atoms with Gasteiger partial charge in [-0.25, -0.2) is 29.0 Å². The number of benzene rings is 2. The smallest absolute Gasteiger partial charge is 1.00 e. The van der Waals surface area contributed by atoms with Crippen molar-refractivity contribution in [3.63, 3.8) is 0 Å². The van der Waals surface area contributed by atoms with Crippen LogP contribution in [0.2, 0.25) is 0 Å². The Labute approximate surface area is 185 Å². The Hall–Kier alpha value is -2.15. The van der Waals surface area contributed by atoms with E-state index in [-0.39, 0.29) is 74.1 Å². The molecular formula is C16H14Mg2O8. The summed E-state index contributed by atoms with van der Waals surface area (Å²) in [4.78, 5) is 54.4. The Bertz CT molecular complexity index is 782. The third-order valence-electron chi connectivity index (χ3n) is 2.95. The van der Waals surface area contributed by atoms with Gasteiger partial charge in [0.15, 0.2) is 0 Å². The van der Waals surface area contributed by atoms with Gasteiger partial charge in [-0.15, -0.1) is 0 Å². The molecule has 0 amide bonds. The molecule has 0 fully saturated rings. The number of carbonyl (C=O) groups excluding carboxylic acids is 2. The number of carboxylic acid groups (broad SMARTS) is 2. The molecule has 8 nitrogen and oxygen atoms in total. The first-order valence-electron chi connectivity index (χ1n) is 6.49. The summed E-state index contributed by atoms with van der Waals surface area (Å²) in [6, 6.07) is 10.4. The number of hydrogen-bond acceptors (Lipinski definition) is 6. The van der Waals surface area contributed by atoms with Crippen molar-refractivity contribution < 1.29 is 44.9 Å². The zero-order chi connectivity index (χ0) is 17.7.